The van der Waals surface area contributed by atoms with Gasteiger partial charge >= 0.3 is 5.97 Å². The molecular weight excluding hydrogens is 308 g/mol. The van der Waals surface area contributed by atoms with E-state index < -0.39 is 16.8 Å². The minimum absolute atomic E-state index is 0.133. The lowest BCUT2D eigenvalue weighted by Crippen LogP contribution is -2.14. The Labute approximate surface area is 129 Å². The van der Waals surface area contributed by atoms with Crippen LogP contribution in [0, 0.1) is 17.0 Å². The van der Waals surface area contributed by atoms with Gasteiger partial charge in [-0.2, -0.15) is 0 Å². The number of methoxy groups -OCH3 is 1. The molecule has 2 aromatic rings. The van der Waals surface area contributed by atoms with Gasteiger partial charge in [0.1, 0.15) is 4.88 Å². The van der Waals surface area contributed by atoms with Crippen molar-refractivity contribution >= 4 is 34.6 Å². The van der Waals surface area contributed by atoms with Crippen molar-refractivity contribution < 1.29 is 19.2 Å². The Balaban J connectivity index is 2.27. The lowest BCUT2D eigenvalue weighted by Gasteiger charge is -2.06. The van der Waals surface area contributed by atoms with Crippen LogP contribution in [0.1, 0.15) is 25.6 Å². The lowest BCUT2D eigenvalue weighted by atomic mass is 10.1. The molecule has 0 saturated heterocycles. The molecule has 1 amide bonds. The number of aryl methyl sites for hydroxylation is 1. The quantitative estimate of drug-likeness (QED) is 0.530. The molecule has 7 nitrogen and oxygen atoms in total. The molecule has 0 aliphatic carbocycles. The molecule has 1 heterocycles. The van der Waals surface area contributed by atoms with Gasteiger partial charge in [-0.05, 0) is 24.4 Å². The van der Waals surface area contributed by atoms with Crippen LogP contribution in [0.4, 0.5) is 11.4 Å². The molecule has 114 valence electrons. The van der Waals surface area contributed by atoms with Gasteiger partial charge in [-0.1, -0.05) is 6.07 Å². The number of carbonyl (C=O) groups excluding carboxylic acids is 2. The number of nitrogens with one attached hydrogen (secondary N) is 1. The Hall–Kier alpha value is -2.74. The fraction of sp³-hybridized carbons (Fsp3) is 0.143. The molecule has 2 rings (SSSR count). The van der Waals surface area contributed by atoms with E-state index in [1.807, 2.05) is 0 Å². The largest absolute Gasteiger partial charge is 0.465 e. The summed E-state index contributed by atoms with van der Waals surface area (Å²) in [5.41, 5.74) is 0.780. The molecule has 22 heavy (non-hydrogen) atoms. The average molecular weight is 320 g/mol. The van der Waals surface area contributed by atoms with Crippen LogP contribution in [0.2, 0.25) is 0 Å². The number of anilines is 1. The third-order valence-corrected chi connectivity index (χ3v) is 3.85. The number of esters is 1. The van der Waals surface area contributed by atoms with E-state index in [-0.39, 0.29) is 16.1 Å². The molecule has 1 aromatic heterocycles. The zero-order valence-electron chi connectivity index (χ0n) is 11.8. The summed E-state index contributed by atoms with van der Waals surface area (Å²) in [6, 6.07) is 5.76. The molecule has 0 aliphatic rings. The second kappa shape index (κ2) is 6.35. The second-order valence-corrected chi connectivity index (χ2v) is 5.28. The van der Waals surface area contributed by atoms with Crippen molar-refractivity contribution in [3.8, 4) is 0 Å². The van der Waals surface area contributed by atoms with E-state index in [0.29, 0.717) is 11.3 Å². The molecule has 0 spiro atoms. The molecule has 0 bridgehead atoms. The molecule has 0 radical (unpaired) electrons. The number of nitrogens with zero attached hydrogens (tertiary/aromatic N) is 1. The lowest BCUT2D eigenvalue weighted by molar-refractivity contribution is -0.385. The van der Waals surface area contributed by atoms with Crippen molar-refractivity contribution in [2.24, 2.45) is 0 Å². The van der Waals surface area contributed by atoms with Crippen LogP contribution in [0.25, 0.3) is 0 Å². The zero-order valence-corrected chi connectivity index (χ0v) is 12.6. The van der Waals surface area contributed by atoms with E-state index in [0.717, 1.165) is 11.3 Å². The minimum atomic E-state index is -0.555. The summed E-state index contributed by atoms with van der Waals surface area (Å²) in [6.07, 6.45) is 0. The molecule has 1 aromatic carbocycles. The van der Waals surface area contributed by atoms with Gasteiger partial charge in [-0.15, -0.1) is 11.3 Å². The van der Waals surface area contributed by atoms with Crippen LogP contribution < -0.4 is 5.32 Å². The first-order chi connectivity index (χ1) is 10.4. The van der Waals surface area contributed by atoms with Gasteiger partial charge in [0.2, 0.25) is 0 Å². The number of thiophene rings is 1. The van der Waals surface area contributed by atoms with Gasteiger partial charge in [0, 0.05) is 17.2 Å². The summed E-state index contributed by atoms with van der Waals surface area (Å²) < 4.78 is 4.62. The fourth-order valence-corrected chi connectivity index (χ4v) is 2.57. The number of hydrogen-bond donors (Lipinski definition) is 1. The van der Waals surface area contributed by atoms with Gasteiger partial charge in [0.05, 0.1) is 17.7 Å². The van der Waals surface area contributed by atoms with E-state index in [4.69, 9.17) is 0 Å². The average Bonchev–Trinajstić information content (AvgIpc) is 2.94. The topological polar surface area (TPSA) is 98.5 Å². The maximum Gasteiger partial charge on any atom is 0.350 e. The summed E-state index contributed by atoms with van der Waals surface area (Å²) in [7, 11) is 1.25. The fourth-order valence-electron chi connectivity index (χ4n) is 1.80. The Morgan fingerprint density at radius 3 is 2.68 bits per heavy atom. The van der Waals surface area contributed by atoms with Gasteiger partial charge < -0.3 is 10.1 Å². The molecule has 8 heteroatoms. The first kappa shape index (κ1) is 15.6. The molecular formula is C14H12N2O5S. The first-order valence-corrected chi connectivity index (χ1v) is 7.04. The van der Waals surface area contributed by atoms with Crippen molar-refractivity contribution in [1.82, 2.24) is 0 Å². The third-order valence-electron chi connectivity index (χ3n) is 2.95. The van der Waals surface area contributed by atoms with Crippen molar-refractivity contribution in [3.63, 3.8) is 0 Å². The van der Waals surface area contributed by atoms with Crippen molar-refractivity contribution in [2.75, 3.05) is 12.4 Å². The van der Waals surface area contributed by atoms with Crippen molar-refractivity contribution in [2.45, 2.75) is 6.92 Å². The SMILES string of the molecule is COC(=O)c1sccc1NC(=O)c1ccc(C)c([N+](=O)[O-])c1. The Bertz CT molecular complexity index is 753. The number of ether oxygens (including phenoxy) is 1. The van der Waals surface area contributed by atoms with Gasteiger partial charge in [0.15, 0.2) is 0 Å². The predicted molar refractivity (Wildman–Crippen MR) is 81.4 cm³/mol. The molecule has 0 aliphatic heterocycles. The van der Waals surface area contributed by atoms with Crippen molar-refractivity contribution in [3.05, 3.63) is 55.8 Å². The smallest absolute Gasteiger partial charge is 0.350 e. The number of benzene rings is 1. The third kappa shape index (κ3) is 3.12. The second-order valence-electron chi connectivity index (χ2n) is 4.37. The zero-order chi connectivity index (χ0) is 16.3. The van der Waals surface area contributed by atoms with Crippen LogP contribution in [-0.2, 0) is 4.74 Å². The summed E-state index contributed by atoms with van der Waals surface area (Å²) in [6.45, 7) is 1.59. The van der Waals surface area contributed by atoms with Crippen LogP contribution in [-0.4, -0.2) is 23.9 Å². The Morgan fingerprint density at radius 1 is 1.32 bits per heavy atom. The van der Waals surface area contributed by atoms with E-state index in [1.165, 1.54) is 25.3 Å². The minimum Gasteiger partial charge on any atom is -0.465 e. The highest BCUT2D eigenvalue weighted by molar-refractivity contribution is 7.12. The number of nitro groups is 1. The van der Waals surface area contributed by atoms with Crippen LogP contribution >= 0.6 is 11.3 Å². The highest BCUT2D eigenvalue weighted by Crippen LogP contribution is 2.25. The highest BCUT2D eigenvalue weighted by atomic mass is 32.1. The molecule has 1 N–H and O–H groups in total. The summed E-state index contributed by atoms with van der Waals surface area (Å²) >= 11 is 1.13. The van der Waals surface area contributed by atoms with Crippen LogP contribution in [0.5, 0.6) is 0 Å². The summed E-state index contributed by atoms with van der Waals surface area (Å²) in [5, 5.41) is 15.1. The number of nitro benzene ring substituents is 1. The Morgan fingerprint density at radius 2 is 2.05 bits per heavy atom. The number of amides is 1. The van der Waals surface area contributed by atoms with Gasteiger partial charge in [-0.3, -0.25) is 14.9 Å². The number of carbonyl (C=O) groups is 2. The normalized spacial score (nSPS) is 10.1. The number of hydrogen-bond acceptors (Lipinski definition) is 6. The Kier molecular flexibility index (Phi) is 4.52. The molecule has 0 atom stereocenters. The number of rotatable bonds is 4. The highest BCUT2D eigenvalue weighted by Gasteiger charge is 2.18. The molecule has 0 saturated carbocycles. The summed E-state index contributed by atoms with van der Waals surface area (Å²) in [5.74, 6) is -1.09. The van der Waals surface area contributed by atoms with Crippen LogP contribution in [0.15, 0.2) is 29.6 Å². The van der Waals surface area contributed by atoms with Crippen LogP contribution in [0.3, 0.4) is 0 Å². The summed E-state index contributed by atoms with van der Waals surface area (Å²) in [4.78, 5) is 34.4. The van der Waals surface area contributed by atoms with E-state index in [1.54, 1.807) is 18.4 Å². The maximum atomic E-state index is 12.2. The molecule has 0 fully saturated rings. The first-order valence-electron chi connectivity index (χ1n) is 6.16. The van der Waals surface area contributed by atoms with Gasteiger partial charge in [-0.25, -0.2) is 4.79 Å². The van der Waals surface area contributed by atoms with E-state index in [2.05, 4.69) is 10.1 Å². The van der Waals surface area contributed by atoms with E-state index in [9.17, 15) is 19.7 Å². The monoisotopic (exact) mass is 320 g/mol. The standard InChI is InChI=1S/C14H12N2O5S/c1-8-3-4-9(7-11(8)16(19)20)13(17)15-10-5-6-22-12(10)14(18)21-2/h3-7H,1-2H3,(H,15,17). The van der Waals surface area contributed by atoms with Gasteiger partial charge in [0.25, 0.3) is 11.6 Å². The predicted octanol–water partition coefficient (Wildman–Crippen LogP) is 3.00. The van der Waals surface area contributed by atoms with Crippen molar-refractivity contribution in [1.29, 1.82) is 0 Å². The van der Waals surface area contributed by atoms with E-state index >= 15 is 0 Å². The molecule has 0 unspecified atom stereocenters. The maximum absolute atomic E-state index is 12.2.